The molecule has 3 N–H and O–H groups in total. The van der Waals surface area contributed by atoms with Crippen molar-refractivity contribution in [2.24, 2.45) is 0 Å². The maximum Gasteiger partial charge on any atom is 0.126 e. The smallest absolute Gasteiger partial charge is 0.126 e. The van der Waals surface area contributed by atoms with E-state index in [1.165, 1.54) is 0 Å². The summed E-state index contributed by atoms with van der Waals surface area (Å²) < 4.78 is 6.26. The molecule has 1 fully saturated rings. The van der Waals surface area contributed by atoms with Crippen molar-refractivity contribution >= 4 is 11.6 Å². The van der Waals surface area contributed by atoms with Crippen molar-refractivity contribution in [2.45, 2.75) is 37.1 Å². The number of ether oxygens (including phenoxy) is 1. The standard InChI is InChI=1S/C21H24ClNO4/c22-15-3-1-14(2-4-15)19(26)13-23-9-7-21(8-10-23)12-18(25)17-11-16(24)5-6-20(17)27-21/h1-6,11,18-19,24-26H,7-10,12-13H2. The second-order valence-corrected chi connectivity index (χ2v) is 8.03. The molecule has 4 rings (SSSR count). The van der Waals surface area contributed by atoms with Crippen LogP contribution in [0.5, 0.6) is 11.5 Å². The minimum Gasteiger partial charge on any atom is -0.508 e. The fraction of sp³-hybridized carbons (Fsp3) is 0.429. The molecule has 2 aliphatic rings. The minimum atomic E-state index is -0.632. The van der Waals surface area contributed by atoms with Crippen LogP contribution in [0.2, 0.25) is 5.02 Å². The predicted molar refractivity (Wildman–Crippen MR) is 103 cm³/mol. The highest BCUT2D eigenvalue weighted by Gasteiger charge is 2.43. The molecule has 5 nitrogen and oxygen atoms in total. The number of aliphatic hydroxyl groups excluding tert-OH is 2. The molecule has 2 aliphatic heterocycles. The lowest BCUT2D eigenvalue weighted by Gasteiger charge is -2.46. The molecule has 6 heteroatoms. The summed E-state index contributed by atoms with van der Waals surface area (Å²) in [5.74, 6) is 0.791. The summed E-state index contributed by atoms with van der Waals surface area (Å²) in [5.41, 5.74) is 1.13. The first kappa shape index (κ1) is 18.6. The van der Waals surface area contributed by atoms with E-state index in [1.54, 1.807) is 30.3 Å². The number of aliphatic hydroxyl groups is 2. The Balaban J connectivity index is 1.39. The fourth-order valence-corrected chi connectivity index (χ4v) is 4.24. The van der Waals surface area contributed by atoms with Crippen molar-refractivity contribution in [3.05, 3.63) is 58.6 Å². The summed E-state index contributed by atoms with van der Waals surface area (Å²) in [6.45, 7) is 2.15. The summed E-state index contributed by atoms with van der Waals surface area (Å²) in [4.78, 5) is 2.23. The number of likely N-dealkylation sites (tertiary alicyclic amines) is 1. The van der Waals surface area contributed by atoms with Crippen molar-refractivity contribution < 1.29 is 20.1 Å². The van der Waals surface area contributed by atoms with Gasteiger partial charge in [0.2, 0.25) is 0 Å². The van der Waals surface area contributed by atoms with Crippen LogP contribution in [0.15, 0.2) is 42.5 Å². The van der Waals surface area contributed by atoms with Crippen molar-refractivity contribution in [2.75, 3.05) is 19.6 Å². The van der Waals surface area contributed by atoms with E-state index in [-0.39, 0.29) is 11.4 Å². The van der Waals surface area contributed by atoms with E-state index in [1.807, 2.05) is 12.1 Å². The molecule has 0 saturated carbocycles. The van der Waals surface area contributed by atoms with Crippen molar-refractivity contribution in [1.82, 2.24) is 4.90 Å². The summed E-state index contributed by atoms with van der Waals surface area (Å²) in [5, 5.41) is 31.3. The molecule has 2 aromatic rings. The van der Waals surface area contributed by atoms with Crippen molar-refractivity contribution in [3.63, 3.8) is 0 Å². The van der Waals surface area contributed by atoms with Crippen LogP contribution < -0.4 is 4.74 Å². The third-order valence-electron chi connectivity index (χ3n) is 5.70. The number of halogens is 1. The normalized spacial score (nSPS) is 22.9. The number of piperidine rings is 1. The van der Waals surface area contributed by atoms with E-state index in [9.17, 15) is 15.3 Å². The minimum absolute atomic E-state index is 0.137. The van der Waals surface area contributed by atoms with Gasteiger partial charge in [0.25, 0.3) is 0 Å². The molecule has 0 amide bonds. The van der Waals surface area contributed by atoms with E-state index in [4.69, 9.17) is 16.3 Å². The zero-order valence-corrected chi connectivity index (χ0v) is 15.8. The van der Waals surface area contributed by atoms with E-state index < -0.39 is 12.2 Å². The predicted octanol–water partition coefficient (Wildman–Crippen LogP) is 3.43. The lowest BCUT2D eigenvalue weighted by atomic mass is 9.81. The van der Waals surface area contributed by atoms with Crippen LogP contribution in [-0.4, -0.2) is 45.5 Å². The monoisotopic (exact) mass is 389 g/mol. The van der Waals surface area contributed by atoms with Gasteiger partial charge < -0.3 is 25.0 Å². The third kappa shape index (κ3) is 3.92. The zero-order chi connectivity index (χ0) is 19.0. The number of benzene rings is 2. The number of nitrogens with zero attached hydrogens (tertiary/aromatic N) is 1. The van der Waals surface area contributed by atoms with Gasteiger partial charge in [-0.15, -0.1) is 0 Å². The van der Waals surface area contributed by atoms with Gasteiger partial charge in [-0.05, 0) is 48.7 Å². The highest BCUT2D eigenvalue weighted by Crippen LogP contribution is 2.45. The van der Waals surface area contributed by atoms with Gasteiger partial charge in [-0.3, -0.25) is 0 Å². The molecule has 2 aromatic carbocycles. The number of aromatic hydroxyl groups is 1. The van der Waals surface area contributed by atoms with E-state index in [0.29, 0.717) is 29.3 Å². The maximum absolute atomic E-state index is 10.5. The Labute approximate surface area is 163 Å². The van der Waals surface area contributed by atoms with E-state index in [2.05, 4.69) is 4.90 Å². The highest BCUT2D eigenvalue weighted by atomic mass is 35.5. The van der Waals surface area contributed by atoms with Gasteiger partial charge in [-0.2, -0.15) is 0 Å². The first-order valence-corrected chi connectivity index (χ1v) is 9.68. The van der Waals surface area contributed by atoms with Crippen molar-refractivity contribution in [1.29, 1.82) is 0 Å². The molecule has 0 radical (unpaired) electrons. The third-order valence-corrected chi connectivity index (χ3v) is 5.95. The second-order valence-electron chi connectivity index (χ2n) is 7.60. The fourth-order valence-electron chi connectivity index (χ4n) is 4.11. The molecule has 0 aliphatic carbocycles. The molecular formula is C21H24ClNO4. The van der Waals surface area contributed by atoms with Crippen LogP contribution >= 0.6 is 11.6 Å². The molecule has 1 saturated heterocycles. The summed E-state index contributed by atoms with van der Waals surface area (Å²) in [7, 11) is 0. The molecular weight excluding hydrogens is 366 g/mol. The van der Waals surface area contributed by atoms with Crippen LogP contribution in [-0.2, 0) is 0 Å². The maximum atomic E-state index is 10.5. The highest BCUT2D eigenvalue weighted by molar-refractivity contribution is 6.30. The van der Waals surface area contributed by atoms with Gasteiger partial charge in [-0.25, -0.2) is 0 Å². The molecule has 2 atom stereocenters. The number of phenols is 1. The first-order valence-electron chi connectivity index (χ1n) is 9.30. The number of phenolic OH excluding ortho intramolecular Hbond substituents is 1. The van der Waals surface area contributed by atoms with E-state index in [0.717, 1.165) is 31.5 Å². The van der Waals surface area contributed by atoms with Gasteiger partial charge in [0.15, 0.2) is 0 Å². The summed E-state index contributed by atoms with van der Waals surface area (Å²) in [6, 6.07) is 12.2. The Kier molecular flexibility index (Phi) is 5.03. The largest absolute Gasteiger partial charge is 0.508 e. The molecule has 0 aromatic heterocycles. The molecule has 144 valence electrons. The van der Waals surface area contributed by atoms with E-state index >= 15 is 0 Å². The Bertz CT molecular complexity index is 802. The Morgan fingerprint density at radius 2 is 1.85 bits per heavy atom. The van der Waals surface area contributed by atoms with Crippen LogP contribution in [0, 0.1) is 0 Å². The zero-order valence-electron chi connectivity index (χ0n) is 15.0. The lowest BCUT2D eigenvalue weighted by molar-refractivity contribution is -0.0588. The SMILES string of the molecule is Oc1ccc2c(c1)C(O)CC1(CCN(CC(O)c3ccc(Cl)cc3)CC1)O2. The molecule has 0 bridgehead atoms. The van der Waals surface area contributed by atoms with Gasteiger partial charge >= 0.3 is 0 Å². The number of β-amino-alcohol motifs (C(OH)–C–C–N with tert-alkyl or cyclic N) is 1. The first-order chi connectivity index (χ1) is 12.9. The number of rotatable bonds is 3. The molecule has 2 heterocycles. The molecule has 2 unspecified atom stereocenters. The second kappa shape index (κ2) is 7.32. The van der Waals surface area contributed by atoms with Crippen LogP contribution in [0.25, 0.3) is 0 Å². The van der Waals surface area contributed by atoms with Gasteiger partial charge in [-0.1, -0.05) is 23.7 Å². The van der Waals surface area contributed by atoms with Crippen LogP contribution in [0.4, 0.5) is 0 Å². The Morgan fingerprint density at radius 3 is 2.56 bits per heavy atom. The Hall–Kier alpha value is -1.79. The quantitative estimate of drug-likeness (QED) is 0.750. The van der Waals surface area contributed by atoms with Gasteiger partial charge in [0.05, 0.1) is 12.2 Å². The van der Waals surface area contributed by atoms with Gasteiger partial charge in [0.1, 0.15) is 17.1 Å². The summed E-state index contributed by atoms with van der Waals surface area (Å²) >= 11 is 5.91. The number of hydrogen-bond acceptors (Lipinski definition) is 5. The average Bonchev–Trinajstić information content (AvgIpc) is 2.65. The lowest BCUT2D eigenvalue weighted by Crippen LogP contribution is -2.51. The number of fused-ring (bicyclic) bond motifs is 1. The summed E-state index contributed by atoms with van der Waals surface area (Å²) in [6.07, 6.45) is 0.914. The van der Waals surface area contributed by atoms with Crippen LogP contribution in [0.3, 0.4) is 0 Å². The number of hydrogen-bond donors (Lipinski definition) is 3. The van der Waals surface area contributed by atoms with Crippen LogP contribution in [0.1, 0.15) is 42.6 Å². The topological polar surface area (TPSA) is 73.2 Å². The molecule has 1 spiro atoms. The Morgan fingerprint density at radius 1 is 1.15 bits per heavy atom. The van der Waals surface area contributed by atoms with Gasteiger partial charge in [0, 0.05) is 36.6 Å². The molecule has 27 heavy (non-hydrogen) atoms. The average molecular weight is 390 g/mol. The van der Waals surface area contributed by atoms with Crippen molar-refractivity contribution in [3.8, 4) is 11.5 Å².